The highest BCUT2D eigenvalue weighted by molar-refractivity contribution is 5.97. The lowest BCUT2D eigenvalue weighted by Crippen LogP contribution is -2.52. The smallest absolute Gasteiger partial charge is 0.237 e. The summed E-state index contributed by atoms with van der Waals surface area (Å²) in [5.74, 6) is 0.507. The lowest BCUT2D eigenvalue weighted by molar-refractivity contribution is -0.134. The molecular weight excluding hydrogens is 288 g/mol. The van der Waals surface area contributed by atoms with Gasteiger partial charge in [-0.25, -0.2) is 0 Å². The molecule has 0 spiro atoms. The summed E-state index contributed by atoms with van der Waals surface area (Å²) in [7, 11) is 3.81. The number of nitrogens with one attached hydrogen (secondary N) is 1. The van der Waals surface area contributed by atoms with E-state index in [9.17, 15) is 9.59 Å². The first kappa shape index (κ1) is 18.4. The van der Waals surface area contributed by atoms with Crippen LogP contribution in [-0.2, 0) is 9.59 Å². The maximum Gasteiger partial charge on any atom is 0.237 e. The second-order valence-corrected chi connectivity index (χ2v) is 7.44. The van der Waals surface area contributed by atoms with Gasteiger partial charge in [-0.2, -0.15) is 0 Å². The van der Waals surface area contributed by atoms with Crippen molar-refractivity contribution in [3.05, 3.63) is 0 Å². The van der Waals surface area contributed by atoms with Gasteiger partial charge in [-0.3, -0.25) is 14.5 Å². The van der Waals surface area contributed by atoms with Gasteiger partial charge < -0.3 is 5.32 Å². The van der Waals surface area contributed by atoms with E-state index in [1.165, 1.54) is 0 Å². The first-order chi connectivity index (χ1) is 9.16. The maximum absolute atomic E-state index is 12.7. The van der Waals surface area contributed by atoms with Gasteiger partial charge in [-0.1, -0.05) is 27.7 Å². The van der Waals surface area contributed by atoms with E-state index >= 15 is 0 Å². The van der Waals surface area contributed by atoms with E-state index in [-0.39, 0.29) is 52.9 Å². The summed E-state index contributed by atoms with van der Waals surface area (Å²) in [6.45, 7) is 8.43. The number of carbonyl (C=O) groups excluding carboxylic acids is 2. The predicted molar refractivity (Wildman–Crippen MR) is 86.6 cm³/mol. The lowest BCUT2D eigenvalue weighted by Gasteiger charge is -2.32. The summed E-state index contributed by atoms with van der Waals surface area (Å²) < 4.78 is 0. The molecule has 0 radical (unpaired) electrons. The Labute approximate surface area is 134 Å². The molecule has 2 rings (SSSR count). The van der Waals surface area contributed by atoms with Crippen LogP contribution >= 0.6 is 12.4 Å². The van der Waals surface area contributed by atoms with Crippen LogP contribution in [0.25, 0.3) is 0 Å². The van der Waals surface area contributed by atoms with Crippen LogP contribution in [0.4, 0.5) is 0 Å². The molecule has 4 atom stereocenters. The van der Waals surface area contributed by atoms with Crippen molar-refractivity contribution in [2.75, 3.05) is 14.1 Å². The van der Waals surface area contributed by atoms with Crippen molar-refractivity contribution in [3.63, 3.8) is 0 Å². The van der Waals surface area contributed by atoms with Crippen LogP contribution in [0.1, 0.15) is 47.0 Å². The Morgan fingerprint density at radius 2 is 1.95 bits per heavy atom. The quantitative estimate of drug-likeness (QED) is 0.865. The molecule has 1 N–H and O–H groups in total. The first-order valence-electron chi connectivity index (χ1n) is 7.68. The second-order valence-electron chi connectivity index (χ2n) is 7.44. The Bertz CT molecular complexity index is 436. The molecule has 2 bridgehead atoms. The minimum atomic E-state index is -0.287. The van der Waals surface area contributed by atoms with Crippen molar-refractivity contribution in [1.29, 1.82) is 0 Å². The lowest BCUT2D eigenvalue weighted by atomic mass is 9.70. The van der Waals surface area contributed by atoms with E-state index in [0.717, 1.165) is 19.3 Å². The molecule has 4 unspecified atom stereocenters. The van der Waals surface area contributed by atoms with Gasteiger partial charge in [0.2, 0.25) is 5.91 Å². The van der Waals surface area contributed by atoms with Crippen molar-refractivity contribution in [2.24, 2.45) is 16.7 Å². The molecule has 2 aliphatic rings. The van der Waals surface area contributed by atoms with Gasteiger partial charge in [0.25, 0.3) is 0 Å². The third-order valence-corrected chi connectivity index (χ3v) is 6.14. The summed E-state index contributed by atoms with van der Waals surface area (Å²) in [5, 5.41) is 3.04. The molecule has 0 aromatic carbocycles. The number of Topliss-reactive ketones (excluding diaryl/α,β-unsaturated/α-hetero) is 1. The zero-order chi connectivity index (χ0) is 15.3. The van der Waals surface area contributed by atoms with Crippen LogP contribution in [0.2, 0.25) is 0 Å². The van der Waals surface area contributed by atoms with Crippen molar-refractivity contribution in [2.45, 2.75) is 59.0 Å². The average molecular weight is 317 g/mol. The number of amides is 1. The fourth-order valence-corrected chi connectivity index (χ4v) is 4.29. The number of fused-ring (bicyclic) bond motifs is 2. The number of nitrogens with zero attached hydrogens (tertiary/aromatic N) is 1. The molecule has 4 nitrogen and oxygen atoms in total. The second kappa shape index (κ2) is 5.88. The molecule has 21 heavy (non-hydrogen) atoms. The first-order valence-corrected chi connectivity index (χ1v) is 7.68. The van der Waals surface area contributed by atoms with Crippen LogP contribution in [0.15, 0.2) is 0 Å². The summed E-state index contributed by atoms with van der Waals surface area (Å²) in [5.41, 5.74) is -0.280. The summed E-state index contributed by atoms with van der Waals surface area (Å²) in [6, 6.07) is -0.442. The van der Waals surface area contributed by atoms with Crippen molar-refractivity contribution < 1.29 is 9.59 Å². The molecule has 0 heterocycles. The molecule has 0 aromatic heterocycles. The van der Waals surface area contributed by atoms with E-state index in [4.69, 9.17) is 0 Å². The van der Waals surface area contributed by atoms with Gasteiger partial charge in [0, 0.05) is 5.41 Å². The van der Waals surface area contributed by atoms with Gasteiger partial charge in [-0.15, -0.1) is 12.4 Å². The molecule has 2 fully saturated rings. The third-order valence-electron chi connectivity index (χ3n) is 6.14. The monoisotopic (exact) mass is 316 g/mol. The molecule has 5 heteroatoms. The van der Waals surface area contributed by atoms with Gasteiger partial charge >= 0.3 is 0 Å². The average Bonchev–Trinajstić information content (AvgIpc) is 2.64. The van der Waals surface area contributed by atoms with E-state index in [1.54, 1.807) is 0 Å². The standard InChI is InChI=1S/C16H28N2O2.ClH/c1-7-11(18(5)6)14(20)17-12-10-8-9-16(4,13(12)19)15(10,2)3;/h10-12H,7-9H2,1-6H3,(H,17,20);1H. The Morgan fingerprint density at radius 3 is 2.33 bits per heavy atom. The highest BCUT2D eigenvalue weighted by Crippen LogP contribution is 2.63. The Kier molecular flexibility index (Phi) is 5.16. The normalized spacial score (nSPS) is 34.7. The predicted octanol–water partition coefficient (Wildman–Crippen LogP) is 2.26. The number of ketones is 1. The summed E-state index contributed by atoms with van der Waals surface area (Å²) in [4.78, 5) is 27.0. The number of hydrogen-bond donors (Lipinski definition) is 1. The number of carbonyl (C=O) groups is 2. The van der Waals surface area contributed by atoms with Crippen LogP contribution in [0.3, 0.4) is 0 Å². The molecule has 0 saturated heterocycles. The number of rotatable bonds is 4. The zero-order valence-corrected chi connectivity index (χ0v) is 14.8. The van der Waals surface area contributed by atoms with Crippen LogP contribution < -0.4 is 5.32 Å². The molecule has 1 amide bonds. The Balaban J connectivity index is 0.00000220. The maximum atomic E-state index is 12.7. The van der Waals surface area contributed by atoms with E-state index < -0.39 is 0 Å². The number of likely N-dealkylation sites (N-methyl/N-ethyl adjacent to an activating group) is 1. The topological polar surface area (TPSA) is 49.4 Å². The van der Waals surface area contributed by atoms with Crippen molar-refractivity contribution in [3.8, 4) is 0 Å². The molecule has 0 aliphatic heterocycles. The van der Waals surface area contributed by atoms with Crippen molar-refractivity contribution >= 4 is 24.1 Å². The fraction of sp³-hybridized carbons (Fsp3) is 0.875. The van der Waals surface area contributed by atoms with Gasteiger partial charge in [-0.05, 0) is 44.7 Å². The van der Waals surface area contributed by atoms with E-state index in [0.29, 0.717) is 0 Å². The van der Waals surface area contributed by atoms with E-state index in [2.05, 4.69) is 26.1 Å². The minimum Gasteiger partial charge on any atom is -0.345 e. The third kappa shape index (κ3) is 2.50. The van der Waals surface area contributed by atoms with Gasteiger partial charge in [0.05, 0.1) is 12.1 Å². The molecule has 0 aromatic rings. The van der Waals surface area contributed by atoms with Crippen LogP contribution in [-0.4, -0.2) is 42.8 Å². The molecule has 2 aliphatic carbocycles. The molecule has 122 valence electrons. The molecule has 2 saturated carbocycles. The highest BCUT2D eigenvalue weighted by atomic mass is 35.5. The number of hydrogen-bond acceptors (Lipinski definition) is 3. The summed E-state index contributed by atoms with van der Waals surface area (Å²) >= 11 is 0. The minimum absolute atomic E-state index is 0. The van der Waals surface area contributed by atoms with Crippen LogP contribution in [0.5, 0.6) is 0 Å². The summed E-state index contributed by atoms with van der Waals surface area (Å²) in [6.07, 6.45) is 2.75. The zero-order valence-electron chi connectivity index (χ0n) is 14.0. The Morgan fingerprint density at radius 1 is 1.38 bits per heavy atom. The largest absolute Gasteiger partial charge is 0.345 e. The van der Waals surface area contributed by atoms with Gasteiger partial charge in [0.1, 0.15) is 0 Å². The molecular formula is C16H29ClN2O2. The van der Waals surface area contributed by atoms with E-state index in [1.807, 2.05) is 25.9 Å². The SMILES string of the molecule is CCC(C(=O)NC1C(=O)C2(C)CCC1C2(C)C)N(C)C.Cl. The fourth-order valence-electron chi connectivity index (χ4n) is 4.29. The Hall–Kier alpha value is -0.610. The van der Waals surface area contributed by atoms with Crippen molar-refractivity contribution in [1.82, 2.24) is 10.2 Å². The van der Waals surface area contributed by atoms with Crippen LogP contribution in [0, 0.1) is 16.7 Å². The highest BCUT2D eigenvalue weighted by Gasteiger charge is 2.66. The van der Waals surface area contributed by atoms with Gasteiger partial charge in [0.15, 0.2) is 5.78 Å². The number of halogens is 1.